The third kappa shape index (κ3) is 3.29. The Hall–Kier alpha value is -2.80. The van der Waals surface area contributed by atoms with Crippen LogP contribution in [0.15, 0.2) is 48.7 Å². The lowest BCUT2D eigenvalue weighted by atomic mass is 9.73. The summed E-state index contributed by atoms with van der Waals surface area (Å²) >= 11 is 0. The van der Waals surface area contributed by atoms with E-state index in [-0.39, 0.29) is 42.0 Å². The predicted octanol–water partition coefficient (Wildman–Crippen LogP) is 1.83. The number of hydrogen-bond donors (Lipinski definition) is 2. The van der Waals surface area contributed by atoms with Gasteiger partial charge in [0.15, 0.2) is 6.61 Å². The molecule has 7 heteroatoms. The average molecular weight is 395 g/mol. The minimum absolute atomic E-state index is 0.0150. The summed E-state index contributed by atoms with van der Waals surface area (Å²) in [5.74, 6) is 1.06. The number of ether oxygens (including phenoxy) is 2. The van der Waals surface area contributed by atoms with Crippen LogP contribution in [0.3, 0.4) is 0 Å². The number of likely N-dealkylation sites (tertiary alicyclic amines) is 1. The predicted molar refractivity (Wildman–Crippen MR) is 105 cm³/mol. The first-order valence-electron chi connectivity index (χ1n) is 10.2. The van der Waals surface area contributed by atoms with Crippen molar-refractivity contribution in [2.45, 2.75) is 24.5 Å². The number of aromatic nitrogens is 1. The number of hydrogen-bond acceptors (Lipinski definition) is 4. The van der Waals surface area contributed by atoms with Crippen molar-refractivity contribution < 1.29 is 19.1 Å². The molecule has 2 amide bonds. The maximum atomic E-state index is 12.7. The lowest BCUT2D eigenvalue weighted by molar-refractivity contribution is -0.133. The monoisotopic (exact) mass is 395 g/mol. The second-order valence-electron chi connectivity index (χ2n) is 8.20. The Morgan fingerprint density at radius 2 is 2.10 bits per heavy atom. The number of carbonyl (C=O) groups is 2. The highest BCUT2D eigenvalue weighted by Gasteiger charge is 2.63. The van der Waals surface area contributed by atoms with Crippen molar-refractivity contribution in [2.24, 2.45) is 11.8 Å². The van der Waals surface area contributed by atoms with E-state index in [1.807, 2.05) is 41.3 Å². The third-order valence-electron chi connectivity index (χ3n) is 6.58. The number of H-pyrrole nitrogens is 1. The summed E-state index contributed by atoms with van der Waals surface area (Å²) in [4.78, 5) is 29.8. The van der Waals surface area contributed by atoms with Gasteiger partial charge >= 0.3 is 0 Å². The van der Waals surface area contributed by atoms with Crippen LogP contribution in [0.5, 0.6) is 5.75 Å². The van der Waals surface area contributed by atoms with Crippen molar-refractivity contribution in [3.63, 3.8) is 0 Å². The lowest BCUT2D eigenvalue weighted by Crippen LogP contribution is -2.42. The van der Waals surface area contributed by atoms with E-state index in [1.165, 1.54) is 0 Å². The fourth-order valence-corrected chi connectivity index (χ4v) is 5.18. The molecule has 3 aliphatic heterocycles. The Kier molecular flexibility index (Phi) is 4.54. The van der Waals surface area contributed by atoms with Crippen LogP contribution in [-0.4, -0.2) is 59.6 Å². The van der Waals surface area contributed by atoms with Crippen LogP contribution >= 0.6 is 0 Å². The first-order valence-corrected chi connectivity index (χ1v) is 10.2. The van der Waals surface area contributed by atoms with Gasteiger partial charge in [0.25, 0.3) is 11.8 Å². The molecule has 3 saturated heterocycles. The number of rotatable bonds is 6. The summed E-state index contributed by atoms with van der Waals surface area (Å²) in [7, 11) is 0. The van der Waals surface area contributed by atoms with Gasteiger partial charge < -0.3 is 24.7 Å². The lowest BCUT2D eigenvalue weighted by Gasteiger charge is -2.29. The standard InChI is InChI=1S/C22H25N3O4/c26-20(13-28-15-5-2-1-3-6-15)25-12-17-16(19-8-9-22(17,14-25)29-19)11-24-21(27)18-7-4-10-23-18/h1-7,10,16-17,19,23H,8-9,11-14H2,(H,24,27)/t16-,17+,19+,22+/m0/s1. The van der Waals surface area contributed by atoms with Gasteiger partial charge in [0.2, 0.25) is 0 Å². The number of amides is 2. The molecule has 1 aromatic carbocycles. The molecule has 4 atom stereocenters. The largest absolute Gasteiger partial charge is 0.484 e. The molecule has 2 N–H and O–H groups in total. The van der Waals surface area contributed by atoms with E-state index < -0.39 is 0 Å². The highest BCUT2D eigenvalue weighted by molar-refractivity contribution is 5.92. The molecule has 2 aromatic rings. The minimum atomic E-state index is -0.255. The van der Waals surface area contributed by atoms with Gasteiger partial charge in [-0.15, -0.1) is 0 Å². The Balaban J connectivity index is 1.20. The zero-order chi connectivity index (χ0) is 19.8. The molecular formula is C22H25N3O4. The van der Waals surface area contributed by atoms with Gasteiger partial charge in [-0.25, -0.2) is 0 Å². The number of benzene rings is 1. The van der Waals surface area contributed by atoms with E-state index in [1.54, 1.807) is 12.3 Å². The maximum Gasteiger partial charge on any atom is 0.267 e. The van der Waals surface area contributed by atoms with Crippen LogP contribution in [0.4, 0.5) is 0 Å². The molecule has 4 heterocycles. The number of aromatic amines is 1. The van der Waals surface area contributed by atoms with E-state index >= 15 is 0 Å². The van der Waals surface area contributed by atoms with E-state index in [9.17, 15) is 9.59 Å². The fourth-order valence-electron chi connectivity index (χ4n) is 5.18. The van der Waals surface area contributed by atoms with Crippen LogP contribution < -0.4 is 10.1 Å². The Labute approximate surface area is 169 Å². The number of carbonyl (C=O) groups excluding carboxylic acids is 2. The second kappa shape index (κ2) is 7.22. The van der Waals surface area contributed by atoms with E-state index in [0.29, 0.717) is 31.1 Å². The molecule has 7 nitrogen and oxygen atoms in total. The summed E-state index contributed by atoms with van der Waals surface area (Å²) in [6.07, 6.45) is 3.87. The summed E-state index contributed by atoms with van der Waals surface area (Å²) in [5.41, 5.74) is 0.305. The van der Waals surface area contributed by atoms with E-state index in [4.69, 9.17) is 9.47 Å². The molecule has 1 spiro atoms. The van der Waals surface area contributed by atoms with Crippen LogP contribution in [-0.2, 0) is 9.53 Å². The zero-order valence-electron chi connectivity index (χ0n) is 16.2. The molecule has 152 valence electrons. The van der Waals surface area contributed by atoms with Crippen LogP contribution in [0.25, 0.3) is 0 Å². The van der Waals surface area contributed by atoms with Crippen molar-refractivity contribution in [3.8, 4) is 5.75 Å². The number of fused-ring (bicyclic) bond motifs is 1. The summed E-state index contributed by atoms with van der Waals surface area (Å²) in [5, 5.41) is 3.03. The number of nitrogens with one attached hydrogen (secondary N) is 2. The van der Waals surface area contributed by atoms with Crippen LogP contribution in [0, 0.1) is 11.8 Å². The number of nitrogens with zero attached hydrogens (tertiary/aromatic N) is 1. The topological polar surface area (TPSA) is 83.7 Å². The first-order chi connectivity index (χ1) is 14.1. The van der Waals surface area contributed by atoms with Gasteiger partial charge in [-0.05, 0) is 37.1 Å². The number of para-hydroxylation sites is 1. The molecular weight excluding hydrogens is 370 g/mol. The zero-order valence-corrected chi connectivity index (χ0v) is 16.2. The molecule has 2 bridgehead atoms. The van der Waals surface area contributed by atoms with Crippen molar-refractivity contribution >= 4 is 11.8 Å². The third-order valence-corrected chi connectivity index (χ3v) is 6.58. The summed E-state index contributed by atoms with van der Waals surface area (Å²) < 4.78 is 12.0. The first kappa shape index (κ1) is 18.2. The molecule has 0 unspecified atom stereocenters. The molecule has 5 rings (SSSR count). The van der Waals surface area contributed by atoms with Gasteiger partial charge in [-0.1, -0.05) is 18.2 Å². The molecule has 0 aliphatic carbocycles. The van der Waals surface area contributed by atoms with Gasteiger partial charge in [0, 0.05) is 31.1 Å². The van der Waals surface area contributed by atoms with Gasteiger partial charge in [-0.2, -0.15) is 0 Å². The second-order valence-corrected chi connectivity index (χ2v) is 8.20. The van der Waals surface area contributed by atoms with Crippen molar-refractivity contribution in [1.29, 1.82) is 0 Å². The Morgan fingerprint density at radius 3 is 2.90 bits per heavy atom. The molecule has 3 fully saturated rings. The van der Waals surface area contributed by atoms with E-state index in [2.05, 4.69) is 10.3 Å². The minimum Gasteiger partial charge on any atom is -0.484 e. The summed E-state index contributed by atoms with van der Waals surface area (Å²) in [6, 6.07) is 12.9. The van der Waals surface area contributed by atoms with Crippen LogP contribution in [0.2, 0.25) is 0 Å². The normalized spacial score (nSPS) is 29.7. The van der Waals surface area contributed by atoms with Crippen LogP contribution in [0.1, 0.15) is 23.3 Å². The molecule has 0 radical (unpaired) electrons. The average Bonchev–Trinajstić information content (AvgIpc) is 3.52. The molecule has 29 heavy (non-hydrogen) atoms. The highest BCUT2D eigenvalue weighted by atomic mass is 16.5. The Morgan fingerprint density at radius 1 is 1.24 bits per heavy atom. The quantitative estimate of drug-likeness (QED) is 0.782. The molecule has 1 aromatic heterocycles. The smallest absolute Gasteiger partial charge is 0.267 e. The molecule has 0 saturated carbocycles. The van der Waals surface area contributed by atoms with Crippen molar-refractivity contribution in [1.82, 2.24) is 15.2 Å². The Bertz CT molecular complexity index is 885. The summed E-state index contributed by atoms with van der Waals surface area (Å²) in [6.45, 7) is 1.88. The van der Waals surface area contributed by atoms with Crippen molar-refractivity contribution in [2.75, 3.05) is 26.2 Å². The van der Waals surface area contributed by atoms with Crippen molar-refractivity contribution in [3.05, 3.63) is 54.4 Å². The molecule has 3 aliphatic rings. The van der Waals surface area contributed by atoms with Gasteiger partial charge in [-0.3, -0.25) is 9.59 Å². The van der Waals surface area contributed by atoms with Gasteiger partial charge in [0.1, 0.15) is 11.4 Å². The highest BCUT2D eigenvalue weighted by Crippen LogP contribution is 2.54. The SMILES string of the molecule is O=C(NC[C@H]1[C@H]2CN(C(=O)COc3ccccc3)C[C@]23CC[C@H]1O3)c1ccc[nH]1. The van der Waals surface area contributed by atoms with E-state index in [0.717, 1.165) is 12.8 Å². The van der Waals surface area contributed by atoms with Gasteiger partial charge in [0.05, 0.1) is 18.2 Å². The fraction of sp³-hybridized carbons (Fsp3) is 0.455. The maximum absolute atomic E-state index is 12.7.